The van der Waals surface area contributed by atoms with E-state index in [2.05, 4.69) is 89.0 Å². The number of hydrogen-bond acceptors (Lipinski definition) is 9. The highest BCUT2D eigenvalue weighted by Crippen LogP contribution is 2.31. The summed E-state index contributed by atoms with van der Waals surface area (Å²) in [6.45, 7) is 0. The van der Waals surface area contributed by atoms with Gasteiger partial charge in [0, 0.05) is 52.5 Å². The Kier molecular flexibility index (Phi) is 19.0. The number of Topliss-reactive ketones (excluding diaryl/α,β-unsaturated/α-hetero) is 2. The van der Waals surface area contributed by atoms with E-state index < -0.39 is 15.9 Å². The van der Waals surface area contributed by atoms with E-state index in [0.717, 1.165) is 40.4 Å². The Balaban J connectivity index is 0.000000201. The molecule has 0 aliphatic rings. The molecule has 10 nitrogen and oxygen atoms in total. The predicted molar refractivity (Wildman–Crippen MR) is 247 cm³/mol. The summed E-state index contributed by atoms with van der Waals surface area (Å²) in [5, 5.41) is 12.1. The van der Waals surface area contributed by atoms with Gasteiger partial charge in [0.2, 0.25) is 17.4 Å². The second kappa shape index (κ2) is 23.9. The molecule has 3 aromatic heterocycles. The molecule has 294 valence electrons. The van der Waals surface area contributed by atoms with Crippen molar-refractivity contribution in [2.45, 2.75) is 4.30 Å². The molecule has 0 saturated carbocycles. The number of nitrogens with zero attached hydrogens (tertiary/aromatic N) is 6. The minimum absolute atomic E-state index is 0.251. The topological polar surface area (TPSA) is 163 Å². The number of pyridine rings is 2. The normalized spacial score (nSPS) is 10.5. The van der Waals surface area contributed by atoms with E-state index in [1.54, 1.807) is 73.1 Å². The molecule has 4 aromatic carbocycles. The Morgan fingerprint density at radius 2 is 0.966 bits per heavy atom. The van der Waals surface area contributed by atoms with E-state index >= 15 is 0 Å². The Bertz CT molecular complexity index is 2360. The van der Waals surface area contributed by atoms with Gasteiger partial charge in [0.1, 0.15) is 22.8 Å². The van der Waals surface area contributed by atoms with Crippen LogP contribution in [0.1, 0.15) is 26.4 Å². The van der Waals surface area contributed by atoms with E-state index in [9.17, 15) is 9.59 Å². The van der Waals surface area contributed by atoms with Crippen LogP contribution >= 0.6 is 98.5 Å². The lowest BCUT2D eigenvalue weighted by molar-refractivity contribution is 0.0817. The van der Waals surface area contributed by atoms with E-state index in [1.807, 2.05) is 72.8 Å². The number of halogens is 7. The predicted octanol–water partition coefficient (Wildman–Crippen LogP) is 11.7. The smallest absolute Gasteiger partial charge is 0.233 e. The van der Waals surface area contributed by atoms with Crippen LogP contribution in [0, 0.1) is 0 Å². The average molecular weight is 1090 g/mol. The molecule has 0 radical (unpaired) electrons. The number of hydrazone groups is 1. The SMILES string of the molecule is Brc1ccc(-c2nnc(-c3ccccn3)nc2-c2ccc(Br)cc2)cc1.ClC(Cl)Cl.N/N=C(\N)c1ccccn1.O=C(C(=O)c1ccc(Br)cc1)c1ccc(Br)cc1. The Hall–Kier alpha value is -4.41. The number of ketones is 2. The minimum Gasteiger partial charge on any atom is -0.380 e. The van der Waals surface area contributed by atoms with Crippen LogP contribution in [0.3, 0.4) is 0 Å². The monoisotopic (exact) mass is 1090 g/mol. The van der Waals surface area contributed by atoms with Gasteiger partial charge in [-0.2, -0.15) is 5.10 Å². The largest absolute Gasteiger partial charge is 0.380 e. The van der Waals surface area contributed by atoms with Gasteiger partial charge in [-0.05, 0) is 97.1 Å². The molecule has 4 N–H and O–H groups in total. The fraction of sp³-hybridized carbons (Fsp3) is 0.0244. The van der Waals surface area contributed by atoms with Gasteiger partial charge in [-0.3, -0.25) is 19.6 Å². The number of nitrogens with two attached hydrogens (primary N) is 2. The van der Waals surface area contributed by atoms with Gasteiger partial charge in [-0.25, -0.2) is 4.98 Å². The maximum atomic E-state index is 12.0. The van der Waals surface area contributed by atoms with Crippen molar-refractivity contribution in [3.8, 4) is 34.0 Å². The quantitative estimate of drug-likeness (QED) is 0.0301. The molecule has 0 spiro atoms. The molecule has 0 saturated heterocycles. The summed E-state index contributed by atoms with van der Waals surface area (Å²) < 4.78 is 3.01. The Morgan fingerprint density at radius 1 is 0.552 bits per heavy atom. The standard InChI is InChI=1S/C20H12Br2N4.C14H8Br2O2.C6H8N4.CHCl3/c21-15-8-4-13(5-9-15)18-19(14-6-10-16(22)11-7-14)25-26-20(24-18)17-3-1-2-12-23-17;15-11-5-1-9(2-6-11)13(17)14(18)10-3-7-12(16)8-4-10;7-6(10-8)5-3-1-2-4-9-5;2-1(3)4/h1-12H;1-8H;1-4H,8H2,(H2,7,10);1H. The third-order valence-electron chi connectivity index (χ3n) is 7.30. The summed E-state index contributed by atoms with van der Waals surface area (Å²) in [4.78, 5) is 37.0. The first-order valence-electron chi connectivity index (χ1n) is 16.5. The van der Waals surface area contributed by atoms with Crippen molar-refractivity contribution in [1.29, 1.82) is 0 Å². The molecule has 0 bridgehead atoms. The lowest BCUT2D eigenvalue weighted by atomic mass is 10.0. The molecule has 17 heteroatoms. The van der Waals surface area contributed by atoms with Crippen LogP contribution < -0.4 is 11.6 Å². The van der Waals surface area contributed by atoms with Gasteiger partial charge in [-0.15, -0.1) is 10.2 Å². The first-order chi connectivity index (χ1) is 27.9. The number of hydrogen-bond donors (Lipinski definition) is 2. The van der Waals surface area contributed by atoms with E-state index in [1.165, 1.54) is 0 Å². The number of carbonyl (C=O) groups excluding carboxylic acids is 2. The maximum Gasteiger partial charge on any atom is 0.233 e. The van der Waals surface area contributed by atoms with Gasteiger partial charge in [0.15, 0.2) is 10.1 Å². The van der Waals surface area contributed by atoms with E-state index in [-0.39, 0.29) is 5.84 Å². The minimum atomic E-state index is -0.750. The number of alkyl halides is 3. The van der Waals surface area contributed by atoms with Crippen LogP contribution in [-0.4, -0.2) is 46.8 Å². The van der Waals surface area contributed by atoms with Crippen LogP contribution in [0.5, 0.6) is 0 Å². The molecule has 3 heterocycles. The van der Waals surface area contributed by atoms with Crippen molar-refractivity contribution in [2.75, 3.05) is 0 Å². The first-order valence-corrected chi connectivity index (χ1v) is 21.0. The van der Waals surface area contributed by atoms with Crippen LogP contribution in [0.15, 0.2) is 169 Å². The molecule has 0 atom stereocenters. The molecular formula is C41H29Br4Cl3N8O2. The van der Waals surface area contributed by atoms with Crippen molar-refractivity contribution in [3.05, 3.63) is 181 Å². The lowest BCUT2D eigenvalue weighted by Gasteiger charge is -2.10. The number of aromatic nitrogens is 5. The fourth-order valence-corrected chi connectivity index (χ4v) is 5.64. The molecule has 7 aromatic rings. The first kappa shape index (κ1) is 46.3. The summed E-state index contributed by atoms with van der Waals surface area (Å²) in [6.07, 6.45) is 3.36. The zero-order valence-electron chi connectivity index (χ0n) is 29.7. The summed E-state index contributed by atoms with van der Waals surface area (Å²) in [6, 6.07) is 40.4. The molecule has 0 aliphatic heterocycles. The zero-order valence-corrected chi connectivity index (χ0v) is 38.3. The van der Waals surface area contributed by atoms with Crippen molar-refractivity contribution in [3.63, 3.8) is 0 Å². The second-order valence-electron chi connectivity index (χ2n) is 11.2. The van der Waals surface area contributed by atoms with Crippen molar-refractivity contribution in [2.24, 2.45) is 16.7 Å². The van der Waals surface area contributed by atoms with Crippen LogP contribution in [0.2, 0.25) is 0 Å². The third kappa shape index (κ3) is 14.8. The number of carbonyl (C=O) groups is 2. The number of amidine groups is 1. The van der Waals surface area contributed by atoms with Gasteiger partial charge in [-0.1, -0.05) is 135 Å². The van der Waals surface area contributed by atoms with Crippen molar-refractivity contribution >= 4 is 116 Å². The summed E-state index contributed by atoms with van der Waals surface area (Å²) in [5.74, 6) is 4.69. The van der Waals surface area contributed by atoms with Gasteiger partial charge < -0.3 is 11.6 Å². The van der Waals surface area contributed by atoms with Gasteiger partial charge >= 0.3 is 0 Å². The zero-order chi connectivity index (χ0) is 42.0. The highest BCUT2D eigenvalue weighted by atomic mass is 79.9. The summed E-state index contributed by atoms with van der Waals surface area (Å²) >= 11 is 27.9. The molecule has 58 heavy (non-hydrogen) atoms. The summed E-state index contributed by atoms with van der Waals surface area (Å²) in [7, 11) is 0. The van der Waals surface area contributed by atoms with Crippen LogP contribution in [-0.2, 0) is 0 Å². The van der Waals surface area contributed by atoms with Gasteiger partial charge in [0.25, 0.3) is 0 Å². The van der Waals surface area contributed by atoms with Gasteiger partial charge in [0.05, 0.1) is 0 Å². The lowest BCUT2D eigenvalue weighted by Crippen LogP contribution is -2.16. The van der Waals surface area contributed by atoms with E-state index in [0.29, 0.717) is 28.3 Å². The molecule has 0 amide bonds. The van der Waals surface area contributed by atoms with Crippen LogP contribution in [0.25, 0.3) is 34.0 Å². The molecule has 0 unspecified atom stereocenters. The Morgan fingerprint density at radius 3 is 1.36 bits per heavy atom. The number of rotatable bonds is 7. The number of benzene rings is 4. The average Bonchev–Trinajstić information content (AvgIpc) is 3.25. The molecule has 0 fully saturated rings. The van der Waals surface area contributed by atoms with Crippen LogP contribution in [0.4, 0.5) is 0 Å². The molecule has 7 rings (SSSR count). The fourth-order valence-electron chi connectivity index (χ4n) is 4.59. The van der Waals surface area contributed by atoms with E-state index in [4.69, 9.17) is 51.4 Å². The third-order valence-corrected chi connectivity index (χ3v) is 9.42. The highest BCUT2D eigenvalue weighted by Gasteiger charge is 2.18. The summed E-state index contributed by atoms with van der Waals surface area (Å²) in [5.41, 5.74) is 10.9. The highest BCUT2D eigenvalue weighted by molar-refractivity contribution is 9.11. The molecular weight excluding hydrogens is 1060 g/mol. The van der Waals surface area contributed by atoms with Crippen molar-refractivity contribution in [1.82, 2.24) is 25.1 Å². The Labute approximate surface area is 383 Å². The maximum absolute atomic E-state index is 12.0. The van der Waals surface area contributed by atoms with Crippen molar-refractivity contribution < 1.29 is 9.59 Å². The second-order valence-corrected chi connectivity index (χ2v) is 16.9. The molecule has 0 aliphatic carbocycles.